The second-order valence-corrected chi connectivity index (χ2v) is 6.62. The number of nitrogens with zero attached hydrogens (tertiary/aromatic N) is 2. The van der Waals surface area contributed by atoms with E-state index in [1.165, 1.54) is 19.3 Å². The molecular formula is C18H25N3O2. The van der Waals surface area contributed by atoms with Gasteiger partial charge in [-0.05, 0) is 45.7 Å². The lowest BCUT2D eigenvalue weighted by Crippen LogP contribution is -2.47. The third-order valence-electron chi connectivity index (χ3n) is 4.68. The molecule has 1 saturated carbocycles. The monoisotopic (exact) mass is 315 g/mol. The number of nitrogens with one attached hydrogen (secondary N) is 1. The van der Waals surface area contributed by atoms with E-state index in [0.717, 1.165) is 18.5 Å². The molecule has 3 rings (SSSR count). The largest absolute Gasteiger partial charge is 0.490 e. The van der Waals surface area contributed by atoms with Gasteiger partial charge < -0.3 is 10.1 Å². The van der Waals surface area contributed by atoms with Crippen LogP contribution in [0.25, 0.3) is 5.65 Å². The van der Waals surface area contributed by atoms with Crippen molar-refractivity contribution in [2.45, 2.75) is 58.4 Å². The van der Waals surface area contributed by atoms with Crippen LogP contribution in [0.2, 0.25) is 0 Å². The topological polar surface area (TPSA) is 55.6 Å². The first kappa shape index (κ1) is 15.8. The number of fused-ring (bicyclic) bond motifs is 1. The SMILES string of the molecule is CCOc1cccn2c(C(=O)NC3(C)CCCCC3)c(C)nc12. The molecule has 0 unspecified atom stereocenters. The molecule has 1 aliphatic rings. The van der Waals surface area contributed by atoms with Crippen LogP contribution in [0.15, 0.2) is 18.3 Å². The van der Waals surface area contributed by atoms with E-state index in [4.69, 9.17) is 4.74 Å². The first-order chi connectivity index (χ1) is 11.0. The summed E-state index contributed by atoms with van der Waals surface area (Å²) in [6, 6.07) is 3.77. The van der Waals surface area contributed by atoms with Gasteiger partial charge in [0.2, 0.25) is 0 Å². The molecule has 1 amide bonds. The van der Waals surface area contributed by atoms with E-state index in [1.807, 2.05) is 36.6 Å². The molecule has 5 nitrogen and oxygen atoms in total. The molecule has 0 saturated heterocycles. The summed E-state index contributed by atoms with van der Waals surface area (Å²) >= 11 is 0. The minimum Gasteiger partial charge on any atom is -0.490 e. The summed E-state index contributed by atoms with van der Waals surface area (Å²) in [7, 11) is 0. The van der Waals surface area contributed by atoms with E-state index in [2.05, 4.69) is 17.2 Å². The van der Waals surface area contributed by atoms with Crippen molar-refractivity contribution in [2.24, 2.45) is 0 Å². The van der Waals surface area contributed by atoms with E-state index in [1.54, 1.807) is 0 Å². The summed E-state index contributed by atoms with van der Waals surface area (Å²) in [5.74, 6) is 0.661. The fourth-order valence-corrected chi connectivity index (χ4v) is 3.49. The Morgan fingerprint density at radius 1 is 1.39 bits per heavy atom. The third-order valence-corrected chi connectivity index (χ3v) is 4.68. The van der Waals surface area contributed by atoms with Gasteiger partial charge in [-0.15, -0.1) is 0 Å². The number of rotatable bonds is 4. The molecule has 2 heterocycles. The van der Waals surface area contributed by atoms with Crippen molar-refractivity contribution >= 4 is 11.6 Å². The lowest BCUT2D eigenvalue weighted by Gasteiger charge is -2.34. The molecule has 5 heteroatoms. The van der Waals surface area contributed by atoms with E-state index >= 15 is 0 Å². The Morgan fingerprint density at radius 3 is 2.83 bits per heavy atom. The van der Waals surface area contributed by atoms with Gasteiger partial charge in [0.15, 0.2) is 11.4 Å². The van der Waals surface area contributed by atoms with Gasteiger partial charge in [0, 0.05) is 11.7 Å². The Labute approximate surface area is 137 Å². The van der Waals surface area contributed by atoms with Gasteiger partial charge in [0.05, 0.1) is 12.3 Å². The van der Waals surface area contributed by atoms with Crippen LogP contribution in [0.3, 0.4) is 0 Å². The van der Waals surface area contributed by atoms with Crippen molar-refractivity contribution in [3.63, 3.8) is 0 Å². The molecular weight excluding hydrogens is 290 g/mol. The number of imidazole rings is 1. The van der Waals surface area contributed by atoms with Crippen molar-refractivity contribution in [1.29, 1.82) is 0 Å². The maximum Gasteiger partial charge on any atom is 0.270 e. The molecule has 0 aliphatic heterocycles. The van der Waals surface area contributed by atoms with Crippen LogP contribution < -0.4 is 10.1 Å². The Kier molecular flexibility index (Phi) is 4.28. The Hall–Kier alpha value is -2.04. The number of hydrogen-bond donors (Lipinski definition) is 1. The molecule has 0 radical (unpaired) electrons. The molecule has 23 heavy (non-hydrogen) atoms. The van der Waals surface area contributed by atoms with Gasteiger partial charge in [-0.25, -0.2) is 4.98 Å². The standard InChI is InChI=1S/C18H25N3O2/c1-4-23-14-9-8-12-21-15(13(2)19-16(14)21)17(22)20-18(3)10-6-5-7-11-18/h8-9,12H,4-7,10-11H2,1-3H3,(H,20,22). The number of aromatic nitrogens is 2. The van der Waals surface area contributed by atoms with Gasteiger partial charge in [0.25, 0.3) is 5.91 Å². The highest BCUT2D eigenvalue weighted by Crippen LogP contribution is 2.28. The highest BCUT2D eigenvalue weighted by molar-refractivity contribution is 5.95. The van der Waals surface area contributed by atoms with Gasteiger partial charge in [-0.2, -0.15) is 0 Å². The first-order valence-corrected chi connectivity index (χ1v) is 8.47. The number of amides is 1. The van der Waals surface area contributed by atoms with Crippen molar-refractivity contribution in [3.05, 3.63) is 29.7 Å². The normalized spacial score (nSPS) is 17.2. The van der Waals surface area contributed by atoms with Crippen molar-refractivity contribution in [3.8, 4) is 5.75 Å². The minimum atomic E-state index is -0.108. The van der Waals surface area contributed by atoms with E-state index < -0.39 is 0 Å². The predicted molar refractivity (Wildman–Crippen MR) is 90.1 cm³/mol. The molecule has 0 aromatic carbocycles. The zero-order valence-corrected chi connectivity index (χ0v) is 14.2. The smallest absolute Gasteiger partial charge is 0.270 e. The quantitative estimate of drug-likeness (QED) is 0.939. The molecule has 0 atom stereocenters. The molecule has 1 fully saturated rings. The molecule has 0 bridgehead atoms. The number of carbonyl (C=O) groups is 1. The van der Waals surface area contributed by atoms with Crippen LogP contribution >= 0.6 is 0 Å². The molecule has 1 N–H and O–H groups in total. The van der Waals surface area contributed by atoms with Crippen LogP contribution in [-0.2, 0) is 0 Å². The summed E-state index contributed by atoms with van der Waals surface area (Å²) in [5, 5.41) is 3.24. The zero-order valence-electron chi connectivity index (χ0n) is 14.2. The average molecular weight is 315 g/mol. The van der Waals surface area contributed by atoms with Gasteiger partial charge >= 0.3 is 0 Å². The van der Waals surface area contributed by atoms with Crippen LogP contribution in [-0.4, -0.2) is 27.4 Å². The first-order valence-electron chi connectivity index (χ1n) is 8.47. The lowest BCUT2D eigenvalue weighted by molar-refractivity contribution is 0.0876. The highest BCUT2D eigenvalue weighted by Gasteiger charge is 2.30. The van der Waals surface area contributed by atoms with Crippen LogP contribution in [0, 0.1) is 6.92 Å². The summed E-state index contributed by atoms with van der Waals surface area (Å²) in [6.45, 7) is 6.54. The third kappa shape index (κ3) is 3.05. The number of aryl methyl sites for hydroxylation is 1. The number of hydrogen-bond acceptors (Lipinski definition) is 3. The van der Waals surface area contributed by atoms with Gasteiger partial charge in [-0.1, -0.05) is 19.3 Å². The fraction of sp³-hybridized carbons (Fsp3) is 0.556. The maximum atomic E-state index is 12.9. The minimum absolute atomic E-state index is 0.0481. The average Bonchev–Trinajstić information content (AvgIpc) is 2.85. The zero-order chi connectivity index (χ0) is 16.4. The van der Waals surface area contributed by atoms with E-state index in [0.29, 0.717) is 23.7 Å². The summed E-state index contributed by atoms with van der Waals surface area (Å²) < 4.78 is 7.46. The van der Waals surface area contributed by atoms with E-state index in [9.17, 15) is 4.79 Å². The van der Waals surface area contributed by atoms with Gasteiger partial charge in [-0.3, -0.25) is 9.20 Å². The highest BCUT2D eigenvalue weighted by atomic mass is 16.5. The second-order valence-electron chi connectivity index (χ2n) is 6.62. The van der Waals surface area contributed by atoms with Crippen molar-refractivity contribution in [2.75, 3.05) is 6.61 Å². The van der Waals surface area contributed by atoms with Crippen molar-refractivity contribution in [1.82, 2.24) is 14.7 Å². The summed E-state index contributed by atoms with van der Waals surface area (Å²) in [4.78, 5) is 17.4. The molecule has 124 valence electrons. The Bertz CT molecular complexity index is 714. The number of pyridine rings is 1. The summed E-state index contributed by atoms with van der Waals surface area (Å²) in [6.07, 6.45) is 7.57. The van der Waals surface area contributed by atoms with Crippen LogP contribution in [0.4, 0.5) is 0 Å². The molecule has 1 aliphatic carbocycles. The number of carbonyl (C=O) groups excluding carboxylic acids is 1. The lowest BCUT2D eigenvalue weighted by atomic mass is 9.83. The van der Waals surface area contributed by atoms with Crippen molar-refractivity contribution < 1.29 is 9.53 Å². The molecule has 0 spiro atoms. The van der Waals surface area contributed by atoms with E-state index in [-0.39, 0.29) is 11.4 Å². The maximum absolute atomic E-state index is 12.9. The predicted octanol–water partition coefficient (Wildman–Crippen LogP) is 3.49. The molecule has 2 aromatic rings. The Morgan fingerprint density at radius 2 is 2.13 bits per heavy atom. The van der Waals surface area contributed by atoms with Gasteiger partial charge in [0.1, 0.15) is 5.69 Å². The Balaban J connectivity index is 1.94. The molecule has 2 aromatic heterocycles. The number of ether oxygens (including phenoxy) is 1. The second kappa shape index (κ2) is 6.22. The fourth-order valence-electron chi connectivity index (χ4n) is 3.49. The van der Waals surface area contributed by atoms with Crippen LogP contribution in [0.5, 0.6) is 5.75 Å². The summed E-state index contributed by atoms with van der Waals surface area (Å²) in [5.41, 5.74) is 1.93. The van der Waals surface area contributed by atoms with Crippen LogP contribution in [0.1, 0.15) is 62.1 Å².